The highest BCUT2D eigenvalue weighted by atomic mass is 19.3. The first-order chi connectivity index (χ1) is 8.42. The summed E-state index contributed by atoms with van der Waals surface area (Å²) in [5.41, 5.74) is 5.29. The molecule has 18 heavy (non-hydrogen) atoms. The standard InChI is InChI=1S/C12H16F2N2O2/c1-3-18-11(17)16(2)10-6-4-9(5-7-10)12(13,14)8-15/h4-7H,3,8,15H2,1-2H3. The van der Waals surface area contributed by atoms with Gasteiger partial charge in [-0.1, -0.05) is 12.1 Å². The van der Waals surface area contributed by atoms with Crippen molar-refractivity contribution in [2.75, 3.05) is 25.1 Å². The summed E-state index contributed by atoms with van der Waals surface area (Å²) in [5.74, 6) is -3.05. The van der Waals surface area contributed by atoms with Crippen molar-refractivity contribution in [1.82, 2.24) is 0 Å². The molecule has 0 aliphatic carbocycles. The van der Waals surface area contributed by atoms with Gasteiger partial charge in [-0.3, -0.25) is 4.90 Å². The Labute approximate surface area is 104 Å². The van der Waals surface area contributed by atoms with E-state index in [1.807, 2.05) is 0 Å². The van der Waals surface area contributed by atoms with Gasteiger partial charge in [0.1, 0.15) is 0 Å². The van der Waals surface area contributed by atoms with E-state index >= 15 is 0 Å². The maximum absolute atomic E-state index is 13.3. The van der Waals surface area contributed by atoms with Crippen LogP contribution in [0.1, 0.15) is 12.5 Å². The maximum atomic E-state index is 13.3. The first kappa shape index (κ1) is 14.4. The minimum atomic E-state index is -3.05. The Morgan fingerprint density at radius 3 is 2.39 bits per heavy atom. The highest BCUT2D eigenvalue weighted by Crippen LogP contribution is 2.28. The van der Waals surface area contributed by atoms with Crippen LogP contribution in [0.4, 0.5) is 19.3 Å². The lowest BCUT2D eigenvalue weighted by atomic mass is 10.1. The number of carbonyl (C=O) groups excluding carboxylic acids is 1. The summed E-state index contributed by atoms with van der Waals surface area (Å²) in [5, 5.41) is 0. The average Bonchev–Trinajstić information content (AvgIpc) is 2.38. The number of nitrogens with two attached hydrogens (primary N) is 1. The molecule has 100 valence electrons. The van der Waals surface area contributed by atoms with Gasteiger partial charge in [0.05, 0.1) is 13.2 Å². The van der Waals surface area contributed by atoms with E-state index in [9.17, 15) is 13.6 Å². The van der Waals surface area contributed by atoms with Gasteiger partial charge in [0, 0.05) is 18.3 Å². The fourth-order valence-electron chi connectivity index (χ4n) is 1.37. The summed E-state index contributed by atoms with van der Waals surface area (Å²) >= 11 is 0. The van der Waals surface area contributed by atoms with E-state index in [1.54, 1.807) is 6.92 Å². The third-order valence-corrected chi connectivity index (χ3v) is 2.47. The van der Waals surface area contributed by atoms with Crippen molar-refractivity contribution in [2.24, 2.45) is 5.73 Å². The monoisotopic (exact) mass is 258 g/mol. The van der Waals surface area contributed by atoms with Crippen LogP contribution in [-0.4, -0.2) is 26.3 Å². The molecule has 1 amide bonds. The normalized spacial score (nSPS) is 11.2. The molecule has 0 saturated heterocycles. The molecule has 0 atom stereocenters. The summed E-state index contributed by atoms with van der Waals surface area (Å²) in [7, 11) is 1.51. The second-order valence-electron chi connectivity index (χ2n) is 3.71. The molecule has 1 aromatic carbocycles. The van der Waals surface area contributed by atoms with Crippen LogP contribution < -0.4 is 10.6 Å². The molecule has 0 spiro atoms. The largest absolute Gasteiger partial charge is 0.449 e. The Hall–Kier alpha value is -1.69. The van der Waals surface area contributed by atoms with Gasteiger partial charge in [-0.25, -0.2) is 4.79 Å². The van der Waals surface area contributed by atoms with Crippen LogP contribution in [-0.2, 0) is 10.7 Å². The first-order valence-electron chi connectivity index (χ1n) is 5.51. The van der Waals surface area contributed by atoms with Crippen LogP contribution >= 0.6 is 0 Å². The van der Waals surface area contributed by atoms with Gasteiger partial charge < -0.3 is 10.5 Å². The predicted octanol–water partition coefficient (Wildman–Crippen LogP) is 2.33. The van der Waals surface area contributed by atoms with Crippen molar-refractivity contribution in [2.45, 2.75) is 12.8 Å². The van der Waals surface area contributed by atoms with E-state index in [0.29, 0.717) is 5.69 Å². The molecule has 2 N–H and O–H groups in total. The molecular formula is C12H16F2N2O2. The number of anilines is 1. The Kier molecular flexibility index (Phi) is 4.61. The Balaban J connectivity index is 2.86. The third-order valence-electron chi connectivity index (χ3n) is 2.47. The molecule has 0 bridgehead atoms. The number of rotatable bonds is 4. The van der Waals surface area contributed by atoms with E-state index in [1.165, 1.54) is 36.2 Å². The van der Waals surface area contributed by atoms with E-state index in [0.717, 1.165) is 0 Å². The fourth-order valence-corrected chi connectivity index (χ4v) is 1.37. The zero-order chi connectivity index (χ0) is 13.8. The number of alkyl halides is 2. The fraction of sp³-hybridized carbons (Fsp3) is 0.417. The van der Waals surface area contributed by atoms with E-state index in [-0.39, 0.29) is 12.2 Å². The molecule has 1 rings (SSSR count). The van der Waals surface area contributed by atoms with Gasteiger partial charge in [0.15, 0.2) is 0 Å². The summed E-state index contributed by atoms with van der Waals surface area (Å²) < 4.78 is 31.3. The van der Waals surface area contributed by atoms with Gasteiger partial charge in [-0.2, -0.15) is 8.78 Å². The highest BCUT2D eigenvalue weighted by Gasteiger charge is 2.29. The number of carbonyl (C=O) groups is 1. The summed E-state index contributed by atoms with van der Waals surface area (Å²) in [6.45, 7) is 1.20. The second kappa shape index (κ2) is 5.77. The first-order valence-corrected chi connectivity index (χ1v) is 5.51. The third kappa shape index (κ3) is 3.16. The van der Waals surface area contributed by atoms with Crippen molar-refractivity contribution in [3.63, 3.8) is 0 Å². The number of benzene rings is 1. The topological polar surface area (TPSA) is 55.6 Å². The van der Waals surface area contributed by atoms with Gasteiger partial charge in [-0.15, -0.1) is 0 Å². The van der Waals surface area contributed by atoms with Crippen LogP contribution in [0.2, 0.25) is 0 Å². The lowest BCUT2D eigenvalue weighted by Crippen LogP contribution is -2.27. The van der Waals surface area contributed by atoms with E-state index in [2.05, 4.69) is 0 Å². The van der Waals surface area contributed by atoms with Crippen LogP contribution in [0, 0.1) is 0 Å². The molecule has 4 nitrogen and oxygen atoms in total. The number of hydrogen-bond donors (Lipinski definition) is 1. The number of amides is 1. The number of nitrogens with zero attached hydrogens (tertiary/aromatic N) is 1. The zero-order valence-electron chi connectivity index (χ0n) is 10.3. The minimum Gasteiger partial charge on any atom is -0.449 e. The van der Waals surface area contributed by atoms with Crippen LogP contribution in [0.3, 0.4) is 0 Å². The van der Waals surface area contributed by atoms with Crippen LogP contribution in [0.15, 0.2) is 24.3 Å². The molecule has 0 saturated carbocycles. The average molecular weight is 258 g/mol. The number of ether oxygens (including phenoxy) is 1. The second-order valence-corrected chi connectivity index (χ2v) is 3.71. The number of hydrogen-bond acceptors (Lipinski definition) is 3. The van der Waals surface area contributed by atoms with Gasteiger partial charge >= 0.3 is 6.09 Å². The Bertz CT molecular complexity index is 407. The lowest BCUT2D eigenvalue weighted by Gasteiger charge is -2.18. The minimum absolute atomic E-state index is 0.175. The van der Waals surface area contributed by atoms with E-state index in [4.69, 9.17) is 10.5 Å². The van der Waals surface area contributed by atoms with Gasteiger partial charge in [-0.05, 0) is 19.1 Å². The van der Waals surface area contributed by atoms with Gasteiger partial charge in [0.25, 0.3) is 5.92 Å². The highest BCUT2D eigenvalue weighted by molar-refractivity contribution is 5.86. The van der Waals surface area contributed by atoms with Crippen LogP contribution in [0.5, 0.6) is 0 Å². The predicted molar refractivity (Wildman–Crippen MR) is 64.8 cm³/mol. The van der Waals surface area contributed by atoms with E-state index < -0.39 is 18.6 Å². The summed E-state index contributed by atoms with van der Waals surface area (Å²) in [6.07, 6.45) is -0.532. The molecule has 0 heterocycles. The zero-order valence-corrected chi connectivity index (χ0v) is 10.3. The summed E-state index contributed by atoms with van der Waals surface area (Å²) in [4.78, 5) is 12.7. The molecular weight excluding hydrogens is 242 g/mol. The number of halogens is 2. The quantitative estimate of drug-likeness (QED) is 0.901. The molecule has 6 heteroatoms. The summed E-state index contributed by atoms with van der Waals surface area (Å²) in [6, 6.07) is 5.35. The maximum Gasteiger partial charge on any atom is 0.413 e. The molecule has 0 radical (unpaired) electrons. The Morgan fingerprint density at radius 2 is 1.94 bits per heavy atom. The molecule has 1 aromatic rings. The Morgan fingerprint density at radius 1 is 1.39 bits per heavy atom. The smallest absolute Gasteiger partial charge is 0.413 e. The lowest BCUT2D eigenvalue weighted by molar-refractivity contribution is 0.00597. The van der Waals surface area contributed by atoms with Crippen molar-refractivity contribution in [3.05, 3.63) is 29.8 Å². The van der Waals surface area contributed by atoms with Gasteiger partial charge in [0.2, 0.25) is 0 Å². The van der Waals surface area contributed by atoms with Crippen molar-refractivity contribution >= 4 is 11.8 Å². The van der Waals surface area contributed by atoms with Crippen molar-refractivity contribution < 1.29 is 18.3 Å². The van der Waals surface area contributed by atoms with Crippen LogP contribution in [0.25, 0.3) is 0 Å². The van der Waals surface area contributed by atoms with Crippen molar-refractivity contribution in [1.29, 1.82) is 0 Å². The molecule has 0 aromatic heterocycles. The molecule has 0 aliphatic heterocycles. The van der Waals surface area contributed by atoms with Crippen molar-refractivity contribution in [3.8, 4) is 0 Å². The molecule has 0 aliphatic rings. The molecule has 0 fully saturated rings. The SMILES string of the molecule is CCOC(=O)N(C)c1ccc(C(F)(F)CN)cc1. The molecule has 0 unspecified atom stereocenters.